The molecule has 5 rings (SSSR count). The highest BCUT2D eigenvalue weighted by atomic mass is 16.5. The van der Waals surface area contributed by atoms with Crippen LogP contribution in [-0.2, 0) is 6.54 Å². The van der Waals surface area contributed by atoms with Gasteiger partial charge < -0.3 is 14.6 Å². The molecule has 1 N–H and O–H groups in total. The summed E-state index contributed by atoms with van der Waals surface area (Å²) in [7, 11) is 1.60. The van der Waals surface area contributed by atoms with Crippen molar-refractivity contribution in [1.29, 1.82) is 0 Å². The maximum absolute atomic E-state index is 13.1. The molecule has 0 spiro atoms. The molecule has 9 nitrogen and oxygen atoms in total. The molecule has 0 bridgehead atoms. The van der Waals surface area contributed by atoms with Gasteiger partial charge in [-0.15, -0.1) is 5.10 Å². The number of carbonyl (C=O) groups is 1. The lowest BCUT2D eigenvalue weighted by molar-refractivity contribution is 0.0704. The summed E-state index contributed by atoms with van der Waals surface area (Å²) in [6.07, 6.45) is 1.66. The van der Waals surface area contributed by atoms with Crippen molar-refractivity contribution in [2.75, 3.05) is 20.2 Å². The van der Waals surface area contributed by atoms with Gasteiger partial charge in [0, 0.05) is 24.6 Å². The number of fused-ring (bicyclic) bond motifs is 1. The lowest BCUT2D eigenvalue weighted by Gasteiger charge is -2.32. The Morgan fingerprint density at radius 2 is 1.91 bits per heavy atom. The summed E-state index contributed by atoms with van der Waals surface area (Å²) in [5.41, 5.74) is 3.20. The average Bonchev–Trinajstić information content (AvgIpc) is 3.28. The smallest absolute Gasteiger partial charge is 0.281 e. The number of carbonyl (C=O) groups excluding carboxylic acids is 1. The van der Waals surface area contributed by atoms with Crippen molar-refractivity contribution in [3.8, 4) is 5.75 Å². The minimum atomic E-state index is -0.311. The molecule has 0 aliphatic carbocycles. The third kappa shape index (κ3) is 4.28. The van der Waals surface area contributed by atoms with Gasteiger partial charge in [-0.25, -0.2) is 9.67 Å². The summed E-state index contributed by atoms with van der Waals surface area (Å²) in [5.74, 6) is 1.16. The molecule has 174 valence electrons. The second kappa shape index (κ2) is 9.09. The highest BCUT2D eigenvalue weighted by Gasteiger charge is 2.28. The number of nitrogens with zero attached hydrogens (tertiary/aromatic N) is 5. The first kappa shape index (κ1) is 21.8. The summed E-state index contributed by atoms with van der Waals surface area (Å²) >= 11 is 0. The zero-order valence-corrected chi connectivity index (χ0v) is 19.2. The van der Waals surface area contributed by atoms with Crippen LogP contribution in [0, 0.1) is 6.92 Å². The van der Waals surface area contributed by atoms with Crippen LogP contribution in [0.15, 0.2) is 53.3 Å². The predicted octanol–water partition coefficient (Wildman–Crippen LogP) is 2.90. The number of rotatable bonds is 5. The zero-order valence-electron chi connectivity index (χ0n) is 19.2. The fourth-order valence-corrected chi connectivity index (χ4v) is 4.35. The van der Waals surface area contributed by atoms with Crippen LogP contribution in [0.3, 0.4) is 0 Å². The molecular weight excluding hydrogens is 432 g/mol. The van der Waals surface area contributed by atoms with Gasteiger partial charge in [-0.2, -0.15) is 0 Å². The fraction of sp³-hybridized carbons (Fsp3) is 0.320. The van der Waals surface area contributed by atoms with E-state index in [-0.39, 0.29) is 22.9 Å². The predicted molar refractivity (Wildman–Crippen MR) is 127 cm³/mol. The minimum absolute atomic E-state index is 0.0399. The first-order chi connectivity index (χ1) is 16.5. The third-order valence-corrected chi connectivity index (χ3v) is 6.28. The number of H-pyrrole nitrogens is 1. The van der Waals surface area contributed by atoms with Gasteiger partial charge in [0.1, 0.15) is 11.6 Å². The highest BCUT2D eigenvalue weighted by molar-refractivity contribution is 5.94. The van der Waals surface area contributed by atoms with Gasteiger partial charge in [-0.05, 0) is 49.6 Å². The maximum Gasteiger partial charge on any atom is 0.281 e. The molecule has 3 heterocycles. The van der Waals surface area contributed by atoms with E-state index in [1.807, 2.05) is 36.1 Å². The first-order valence-corrected chi connectivity index (χ1v) is 11.3. The van der Waals surface area contributed by atoms with Gasteiger partial charge >= 0.3 is 0 Å². The van der Waals surface area contributed by atoms with E-state index in [0.717, 1.165) is 18.4 Å². The summed E-state index contributed by atoms with van der Waals surface area (Å²) in [4.78, 5) is 35.3. The van der Waals surface area contributed by atoms with Gasteiger partial charge in [0.05, 0.1) is 13.7 Å². The van der Waals surface area contributed by atoms with Gasteiger partial charge in [0.25, 0.3) is 11.5 Å². The van der Waals surface area contributed by atoms with Crippen LogP contribution in [0.1, 0.15) is 46.1 Å². The average molecular weight is 459 g/mol. The molecule has 1 saturated heterocycles. The molecule has 2 aromatic carbocycles. The monoisotopic (exact) mass is 458 g/mol. The maximum atomic E-state index is 13.1. The number of hydrogen-bond acceptors (Lipinski definition) is 6. The van der Waals surface area contributed by atoms with E-state index in [9.17, 15) is 9.59 Å². The van der Waals surface area contributed by atoms with Crippen LogP contribution >= 0.6 is 0 Å². The molecule has 4 aromatic rings. The number of likely N-dealkylation sites (tertiary alicyclic amines) is 1. The van der Waals surface area contributed by atoms with Crippen molar-refractivity contribution < 1.29 is 9.53 Å². The fourth-order valence-electron chi connectivity index (χ4n) is 4.35. The van der Waals surface area contributed by atoms with Crippen LogP contribution in [0.25, 0.3) is 11.2 Å². The zero-order chi connectivity index (χ0) is 23.7. The van der Waals surface area contributed by atoms with E-state index in [1.165, 1.54) is 5.56 Å². The lowest BCUT2D eigenvalue weighted by Crippen LogP contribution is -2.40. The normalized spacial score (nSPS) is 16.1. The third-order valence-electron chi connectivity index (χ3n) is 6.28. The Labute approximate surface area is 196 Å². The van der Waals surface area contributed by atoms with Crippen molar-refractivity contribution in [2.24, 2.45) is 0 Å². The topological polar surface area (TPSA) is 106 Å². The summed E-state index contributed by atoms with van der Waals surface area (Å²) in [6.45, 7) is 3.66. The molecule has 1 atom stereocenters. The van der Waals surface area contributed by atoms with E-state index in [2.05, 4.69) is 15.3 Å². The van der Waals surface area contributed by atoms with Crippen LogP contribution in [0.4, 0.5) is 0 Å². The van der Waals surface area contributed by atoms with Gasteiger partial charge in [0.2, 0.25) is 0 Å². The Kier molecular flexibility index (Phi) is 5.83. The van der Waals surface area contributed by atoms with E-state index in [4.69, 9.17) is 9.72 Å². The quantitative estimate of drug-likeness (QED) is 0.493. The molecule has 0 saturated carbocycles. The molecular formula is C25H26N6O3. The number of ether oxygens (including phenoxy) is 1. The number of aryl methyl sites for hydroxylation is 1. The Balaban J connectivity index is 1.40. The molecule has 1 aliphatic rings. The van der Waals surface area contributed by atoms with Crippen molar-refractivity contribution in [1.82, 2.24) is 29.9 Å². The number of piperidine rings is 1. The van der Waals surface area contributed by atoms with Crippen LogP contribution in [0.5, 0.6) is 5.75 Å². The second-order valence-electron chi connectivity index (χ2n) is 8.67. The van der Waals surface area contributed by atoms with E-state index < -0.39 is 0 Å². The van der Waals surface area contributed by atoms with Crippen LogP contribution in [-0.4, -0.2) is 56.0 Å². The molecule has 1 amide bonds. The molecule has 9 heteroatoms. The standard InChI is InChI=1S/C25H26N6O3/c1-16-5-7-17(8-6-16)14-31-23-21(28-29-31)24(32)27-22(26-23)19-4-3-13-30(15-19)25(33)18-9-11-20(34-2)12-10-18/h5-12,19H,3-4,13-15H2,1-2H3,(H,26,27,32). The number of hydrogen-bond donors (Lipinski definition) is 1. The molecule has 1 fully saturated rings. The Morgan fingerprint density at radius 1 is 1.15 bits per heavy atom. The first-order valence-electron chi connectivity index (χ1n) is 11.3. The van der Waals surface area contributed by atoms with Crippen LogP contribution in [0.2, 0.25) is 0 Å². The number of nitrogens with one attached hydrogen (secondary N) is 1. The number of benzene rings is 2. The summed E-state index contributed by atoms with van der Waals surface area (Å²) in [6, 6.07) is 15.2. The summed E-state index contributed by atoms with van der Waals surface area (Å²) < 4.78 is 6.84. The van der Waals surface area contributed by atoms with Gasteiger partial charge in [-0.1, -0.05) is 35.0 Å². The SMILES string of the molecule is COc1ccc(C(=O)N2CCCC(c3nc4c(nnn4Cc4ccc(C)cc4)c(=O)[nH]3)C2)cc1. The van der Waals surface area contributed by atoms with E-state index >= 15 is 0 Å². The van der Waals surface area contributed by atoms with Crippen molar-refractivity contribution in [2.45, 2.75) is 32.2 Å². The van der Waals surface area contributed by atoms with Gasteiger partial charge in [-0.3, -0.25) is 9.59 Å². The number of amides is 1. The second-order valence-corrected chi connectivity index (χ2v) is 8.67. The number of aromatic nitrogens is 5. The van der Waals surface area contributed by atoms with Crippen molar-refractivity contribution in [3.05, 3.63) is 81.4 Å². The summed E-state index contributed by atoms with van der Waals surface area (Å²) in [5, 5.41) is 8.21. The Hall–Kier alpha value is -4.01. The van der Waals surface area contributed by atoms with E-state index in [0.29, 0.717) is 42.4 Å². The Morgan fingerprint density at radius 3 is 2.65 bits per heavy atom. The molecule has 1 aliphatic heterocycles. The number of methoxy groups -OCH3 is 1. The van der Waals surface area contributed by atoms with Crippen molar-refractivity contribution >= 4 is 17.1 Å². The lowest BCUT2D eigenvalue weighted by atomic mass is 9.96. The molecule has 2 aromatic heterocycles. The molecule has 34 heavy (non-hydrogen) atoms. The van der Waals surface area contributed by atoms with Crippen molar-refractivity contribution in [3.63, 3.8) is 0 Å². The molecule has 1 unspecified atom stereocenters. The minimum Gasteiger partial charge on any atom is -0.497 e. The number of aromatic amines is 1. The van der Waals surface area contributed by atoms with Crippen LogP contribution < -0.4 is 10.3 Å². The Bertz CT molecular complexity index is 1370. The molecule has 0 radical (unpaired) electrons. The van der Waals surface area contributed by atoms with Gasteiger partial charge in [0.15, 0.2) is 11.2 Å². The van der Waals surface area contributed by atoms with E-state index in [1.54, 1.807) is 36.1 Å². The highest BCUT2D eigenvalue weighted by Crippen LogP contribution is 2.26. The largest absolute Gasteiger partial charge is 0.497 e.